The molecule has 156 valence electrons. The van der Waals surface area contributed by atoms with Crippen LogP contribution in [0.15, 0.2) is 43.0 Å². The second-order valence-corrected chi connectivity index (χ2v) is 7.83. The van der Waals surface area contributed by atoms with Crippen molar-refractivity contribution in [2.75, 3.05) is 5.73 Å². The summed E-state index contributed by atoms with van der Waals surface area (Å²) in [4.78, 5) is 46.9. The van der Waals surface area contributed by atoms with E-state index in [1.54, 1.807) is 24.8 Å². The van der Waals surface area contributed by atoms with E-state index in [9.17, 15) is 14.4 Å². The molecule has 2 aromatic heterocycles. The SMILES string of the molecule is Cn1cnc(-c2ccc3c(c2)CN(C2CCC(=O)NC2=O)C3=O)c1-c1cncc(N)c1. The van der Waals surface area contributed by atoms with Gasteiger partial charge in [0, 0.05) is 49.1 Å². The van der Waals surface area contributed by atoms with Crippen molar-refractivity contribution in [2.24, 2.45) is 7.05 Å². The van der Waals surface area contributed by atoms with E-state index in [1.807, 2.05) is 29.8 Å². The Morgan fingerprint density at radius 3 is 2.74 bits per heavy atom. The van der Waals surface area contributed by atoms with Crippen LogP contribution in [0.3, 0.4) is 0 Å². The van der Waals surface area contributed by atoms with Gasteiger partial charge in [0.1, 0.15) is 6.04 Å². The number of imide groups is 1. The normalized spacial score (nSPS) is 18.3. The number of carbonyl (C=O) groups is 3. The summed E-state index contributed by atoms with van der Waals surface area (Å²) in [5, 5.41) is 2.32. The lowest BCUT2D eigenvalue weighted by Crippen LogP contribution is -2.52. The number of rotatable bonds is 3. The summed E-state index contributed by atoms with van der Waals surface area (Å²) in [5.41, 5.74) is 11.2. The fraction of sp³-hybridized carbons (Fsp3) is 0.227. The smallest absolute Gasteiger partial charge is 0.255 e. The number of nitrogen functional groups attached to an aromatic ring is 1. The zero-order valence-electron chi connectivity index (χ0n) is 16.8. The molecule has 0 bridgehead atoms. The first kappa shape index (κ1) is 19.0. The van der Waals surface area contributed by atoms with Crippen LogP contribution in [0.2, 0.25) is 0 Å². The van der Waals surface area contributed by atoms with Crippen molar-refractivity contribution in [2.45, 2.75) is 25.4 Å². The summed E-state index contributed by atoms with van der Waals surface area (Å²) in [6.45, 7) is 0.316. The number of nitrogens with one attached hydrogen (secondary N) is 1. The predicted molar refractivity (Wildman–Crippen MR) is 112 cm³/mol. The zero-order valence-corrected chi connectivity index (χ0v) is 16.8. The van der Waals surface area contributed by atoms with Crippen molar-refractivity contribution in [3.05, 3.63) is 54.1 Å². The monoisotopic (exact) mass is 416 g/mol. The molecule has 3 amide bonds. The Kier molecular flexibility index (Phi) is 4.32. The number of aryl methyl sites for hydroxylation is 1. The number of hydrogen-bond acceptors (Lipinski definition) is 6. The van der Waals surface area contributed by atoms with E-state index >= 15 is 0 Å². The highest BCUT2D eigenvalue weighted by atomic mass is 16.2. The quantitative estimate of drug-likeness (QED) is 0.624. The molecule has 0 saturated carbocycles. The van der Waals surface area contributed by atoms with E-state index in [4.69, 9.17) is 5.73 Å². The number of carbonyl (C=O) groups excluding carboxylic acids is 3. The first-order valence-corrected chi connectivity index (χ1v) is 9.92. The van der Waals surface area contributed by atoms with Crippen molar-refractivity contribution in [3.8, 4) is 22.5 Å². The minimum Gasteiger partial charge on any atom is -0.397 e. The maximum absolute atomic E-state index is 12.9. The Labute approximate surface area is 177 Å². The summed E-state index contributed by atoms with van der Waals surface area (Å²) in [6, 6.07) is 6.77. The van der Waals surface area contributed by atoms with Crippen LogP contribution in [0.25, 0.3) is 22.5 Å². The standard InChI is InChI=1S/C22H20N6O3/c1-27-11-25-19(20(27)13-7-15(23)9-24-8-13)12-2-3-16-14(6-12)10-28(22(16)31)17-4-5-18(29)26-21(17)30/h2-3,6-9,11,17H,4-5,10,23H2,1H3,(H,26,29,30). The van der Waals surface area contributed by atoms with Crippen molar-refractivity contribution >= 4 is 23.4 Å². The Morgan fingerprint density at radius 2 is 1.97 bits per heavy atom. The number of imidazole rings is 1. The van der Waals surface area contributed by atoms with Crippen LogP contribution in [-0.4, -0.2) is 43.2 Å². The number of benzene rings is 1. The second-order valence-electron chi connectivity index (χ2n) is 7.83. The van der Waals surface area contributed by atoms with Gasteiger partial charge in [0.2, 0.25) is 11.8 Å². The molecule has 0 spiro atoms. The Hall–Kier alpha value is -4.01. The molecular formula is C22H20N6O3. The van der Waals surface area contributed by atoms with Crippen molar-refractivity contribution in [1.82, 2.24) is 24.8 Å². The van der Waals surface area contributed by atoms with Crippen LogP contribution in [0.4, 0.5) is 5.69 Å². The molecule has 0 radical (unpaired) electrons. The summed E-state index contributed by atoms with van der Waals surface area (Å²) in [5.74, 6) is -0.914. The van der Waals surface area contributed by atoms with Crippen LogP contribution in [0.1, 0.15) is 28.8 Å². The molecule has 1 fully saturated rings. The topological polar surface area (TPSA) is 123 Å². The molecule has 3 N–H and O–H groups in total. The summed E-state index contributed by atoms with van der Waals surface area (Å²) >= 11 is 0. The van der Waals surface area contributed by atoms with Crippen molar-refractivity contribution < 1.29 is 14.4 Å². The van der Waals surface area contributed by atoms with Crippen molar-refractivity contribution in [3.63, 3.8) is 0 Å². The molecule has 2 aliphatic heterocycles. The van der Waals surface area contributed by atoms with Gasteiger partial charge in [0.15, 0.2) is 0 Å². The van der Waals surface area contributed by atoms with Gasteiger partial charge in [-0.2, -0.15) is 0 Å². The molecule has 9 heteroatoms. The average molecular weight is 416 g/mol. The minimum atomic E-state index is -0.634. The molecule has 1 saturated heterocycles. The third kappa shape index (κ3) is 3.14. The molecule has 4 heterocycles. The van der Waals surface area contributed by atoms with E-state index in [0.717, 1.165) is 28.1 Å². The maximum Gasteiger partial charge on any atom is 0.255 e. The number of amides is 3. The minimum absolute atomic E-state index is 0.197. The predicted octanol–water partition coefficient (Wildman–Crippen LogP) is 1.49. The number of aromatic nitrogens is 3. The molecule has 5 rings (SSSR count). The summed E-state index contributed by atoms with van der Waals surface area (Å²) < 4.78 is 1.90. The number of nitrogens with two attached hydrogens (primary N) is 1. The highest BCUT2D eigenvalue weighted by molar-refractivity contribution is 6.05. The highest BCUT2D eigenvalue weighted by Gasteiger charge is 2.39. The molecule has 1 aromatic carbocycles. The second kappa shape index (κ2) is 7.05. The van der Waals surface area contributed by atoms with Gasteiger partial charge in [-0.1, -0.05) is 6.07 Å². The van der Waals surface area contributed by atoms with Crippen LogP contribution in [-0.2, 0) is 23.2 Å². The van der Waals surface area contributed by atoms with E-state index < -0.39 is 11.9 Å². The lowest BCUT2D eigenvalue weighted by Gasteiger charge is -2.29. The maximum atomic E-state index is 12.9. The Morgan fingerprint density at radius 1 is 1.13 bits per heavy atom. The van der Waals surface area contributed by atoms with Gasteiger partial charge in [-0.3, -0.25) is 24.7 Å². The molecule has 1 atom stereocenters. The number of hydrogen-bond donors (Lipinski definition) is 2. The molecule has 1 unspecified atom stereocenters. The number of piperidine rings is 1. The van der Waals surface area contributed by atoms with Crippen molar-refractivity contribution in [1.29, 1.82) is 0 Å². The van der Waals surface area contributed by atoms with E-state index in [1.165, 1.54) is 4.90 Å². The molecule has 9 nitrogen and oxygen atoms in total. The first-order chi connectivity index (χ1) is 14.9. The molecule has 3 aromatic rings. The number of pyridine rings is 1. The van der Waals surface area contributed by atoms with Crippen LogP contribution in [0, 0.1) is 0 Å². The Bertz CT molecular complexity index is 1250. The molecular weight excluding hydrogens is 396 g/mol. The summed E-state index contributed by atoms with van der Waals surface area (Å²) in [7, 11) is 1.90. The van der Waals surface area contributed by atoms with Gasteiger partial charge in [0.25, 0.3) is 5.91 Å². The largest absolute Gasteiger partial charge is 0.397 e. The van der Waals surface area contributed by atoms with E-state index in [-0.39, 0.29) is 18.2 Å². The Balaban J connectivity index is 1.50. The van der Waals surface area contributed by atoms with Gasteiger partial charge in [-0.15, -0.1) is 0 Å². The molecule has 2 aliphatic rings. The molecule has 0 aliphatic carbocycles. The van der Waals surface area contributed by atoms with Gasteiger partial charge in [0.05, 0.1) is 23.4 Å². The number of anilines is 1. The highest BCUT2D eigenvalue weighted by Crippen LogP contribution is 2.35. The number of fused-ring (bicyclic) bond motifs is 1. The van der Waals surface area contributed by atoms with Gasteiger partial charge >= 0.3 is 0 Å². The van der Waals surface area contributed by atoms with E-state index in [0.29, 0.717) is 24.2 Å². The third-order valence-corrected chi connectivity index (χ3v) is 5.77. The van der Waals surface area contributed by atoms with Crippen LogP contribution in [0.5, 0.6) is 0 Å². The van der Waals surface area contributed by atoms with Gasteiger partial charge in [-0.25, -0.2) is 4.98 Å². The zero-order chi connectivity index (χ0) is 21.7. The molecule has 31 heavy (non-hydrogen) atoms. The van der Waals surface area contributed by atoms with Crippen LogP contribution < -0.4 is 11.1 Å². The lowest BCUT2D eigenvalue weighted by atomic mass is 10.0. The fourth-order valence-electron chi connectivity index (χ4n) is 4.29. The lowest BCUT2D eigenvalue weighted by molar-refractivity contribution is -0.136. The summed E-state index contributed by atoms with van der Waals surface area (Å²) in [6.07, 6.45) is 5.61. The van der Waals surface area contributed by atoms with Crippen LogP contribution >= 0.6 is 0 Å². The first-order valence-electron chi connectivity index (χ1n) is 9.92. The van der Waals surface area contributed by atoms with Gasteiger partial charge < -0.3 is 15.2 Å². The number of nitrogens with zero attached hydrogens (tertiary/aromatic N) is 4. The fourth-order valence-corrected chi connectivity index (χ4v) is 4.29. The third-order valence-electron chi connectivity index (χ3n) is 5.77. The van der Waals surface area contributed by atoms with E-state index in [2.05, 4.69) is 15.3 Å². The van der Waals surface area contributed by atoms with Gasteiger partial charge in [-0.05, 0) is 30.2 Å². The average Bonchev–Trinajstić information content (AvgIpc) is 3.28.